The monoisotopic (exact) mass is 488 g/mol. The van der Waals surface area contributed by atoms with E-state index in [2.05, 4.69) is 22.1 Å². The summed E-state index contributed by atoms with van der Waals surface area (Å²) in [5.74, 6) is 1.02. The summed E-state index contributed by atoms with van der Waals surface area (Å²) in [4.78, 5) is 7.23. The van der Waals surface area contributed by atoms with Gasteiger partial charge in [-0.3, -0.25) is 0 Å². The fourth-order valence-corrected chi connectivity index (χ4v) is 3.71. The first-order chi connectivity index (χ1) is 16.6. The second-order valence-electron chi connectivity index (χ2n) is 7.91. The summed E-state index contributed by atoms with van der Waals surface area (Å²) in [6.07, 6.45) is -4.07. The van der Waals surface area contributed by atoms with E-state index in [9.17, 15) is 26.3 Å². The molecule has 0 atom stereocenters. The molecule has 0 saturated carbocycles. The van der Waals surface area contributed by atoms with Gasteiger partial charge in [0.25, 0.3) is 0 Å². The summed E-state index contributed by atoms with van der Waals surface area (Å²) >= 11 is 0. The molecule has 182 valence electrons. The van der Waals surface area contributed by atoms with Crippen LogP contribution in [0, 0.1) is 0 Å². The fourth-order valence-electron chi connectivity index (χ4n) is 3.71. The third-order valence-corrected chi connectivity index (χ3v) is 5.41. The van der Waals surface area contributed by atoms with Crippen LogP contribution in [0.1, 0.15) is 29.4 Å². The highest BCUT2D eigenvalue weighted by Crippen LogP contribution is 2.29. The van der Waals surface area contributed by atoms with Gasteiger partial charge in [-0.25, -0.2) is 4.98 Å². The summed E-state index contributed by atoms with van der Waals surface area (Å²) in [6.45, 7) is 1.20. The lowest BCUT2D eigenvalue weighted by molar-refractivity contribution is -0.138. The number of hydrogen-bond acceptors (Lipinski definition) is 1. The van der Waals surface area contributed by atoms with E-state index in [4.69, 9.17) is 0 Å². The summed E-state index contributed by atoms with van der Waals surface area (Å²) in [5, 5.41) is 0. The molecule has 1 aromatic heterocycles. The number of alkyl halides is 6. The van der Waals surface area contributed by atoms with Crippen LogP contribution in [0.2, 0.25) is 6.32 Å². The minimum absolute atomic E-state index is 0.349. The van der Waals surface area contributed by atoms with Gasteiger partial charge in [-0.05, 0) is 5.56 Å². The molecule has 1 heterocycles. The van der Waals surface area contributed by atoms with Crippen LogP contribution in [0.5, 0.6) is 0 Å². The Kier molecular flexibility index (Phi) is 8.43. The fraction of sp³-hybridized carbons (Fsp3) is 0.192. The van der Waals surface area contributed by atoms with E-state index < -0.39 is 30.2 Å². The van der Waals surface area contributed by atoms with E-state index in [0.717, 1.165) is 36.5 Å². The molecule has 4 rings (SSSR count). The third kappa shape index (κ3) is 7.50. The lowest BCUT2D eigenvalue weighted by Gasteiger charge is -2.16. The predicted octanol–water partition coefficient (Wildman–Crippen LogP) is 6.35. The number of rotatable bonds is 5. The molecule has 0 aliphatic carbocycles. The van der Waals surface area contributed by atoms with Gasteiger partial charge in [-0.15, -0.1) is 0 Å². The molecule has 0 unspecified atom stereocenters. The number of imidazole rings is 1. The maximum absolute atomic E-state index is 12.8. The van der Waals surface area contributed by atoms with Crippen molar-refractivity contribution in [2.75, 3.05) is 0 Å². The van der Waals surface area contributed by atoms with Gasteiger partial charge in [-0.2, -0.15) is 26.3 Å². The smallest absolute Gasteiger partial charge is 0.348 e. The van der Waals surface area contributed by atoms with Crippen LogP contribution in [0.25, 0.3) is 0 Å². The minimum atomic E-state index is -4.48. The van der Waals surface area contributed by atoms with Crippen LogP contribution in [0.4, 0.5) is 26.3 Å². The maximum Gasteiger partial charge on any atom is 0.416 e. The summed E-state index contributed by atoms with van der Waals surface area (Å²) in [7, 11) is 0. The van der Waals surface area contributed by atoms with Crippen molar-refractivity contribution in [3.63, 3.8) is 0 Å². The Bertz CT molecular complexity index is 1130. The van der Waals surface area contributed by atoms with Crippen LogP contribution < -0.4 is 10.9 Å². The SMILES string of the molecule is CCB(c1cccc(C(F)(F)F)c1)c1cccc(C(F)(F)F)c1.c1ccc(Cc2ncc[nH]2)cc1. The van der Waals surface area contributed by atoms with E-state index in [1.54, 1.807) is 13.1 Å². The molecule has 1 N–H and O–H groups in total. The van der Waals surface area contributed by atoms with Gasteiger partial charge in [0.05, 0.1) is 11.1 Å². The summed E-state index contributed by atoms with van der Waals surface area (Å²) < 4.78 is 76.9. The highest BCUT2D eigenvalue weighted by atomic mass is 19.4. The van der Waals surface area contributed by atoms with Gasteiger partial charge < -0.3 is 4.98 Å². The van der Waals surface area contributed by atoms with Crippen molar-refractivity contribution < 1.29 is 26.3 Å². The molecular weight excluding hydrogens is 465 g/mol. The molecular formula is C26H23BF6N2. The topological polar surface area (TPSA) is 28.7 Å². The second-order valence-corrected chi connectivity index (χ2v) is 7.91. The number of hydrogen-bond donors (Lipinski definition) is 1. The van der Waals surface area contributed by atoms with Crippen molar-refractivity contribution in [2.24, 2.45) is 0 Å². The summed E-state index contributed by atoms with van der Waals surface area (Å²) in [5.41, 5.74) is 0.372. The number of nitrogens with zero attached hydrogens (tertiary/aromatic N) is 1. The van der Waals surface area contributed by atoms with Crippen LogP contribution in [0.15, 0.2) is 91.3 Å². The lowest BCUT2D eigenvalue weighted by Crippen LogP contribution is -2.42. The van der Waals surface area contributed by atoms with Gasteiger partial charge in [-0.1, -0.05) is 103 Å². The van der Waals surface area contributed by atoms with Crippen molar-refractivity contribution in [1.82, 2.24) is 9.97 Å². The van der Waals surface area contributed by atoms with E-state index in [0.29, 0.717) is 17.2 Å². The standard InChI is InChI=1S/C16H13BF6.C10H10N2/c1-2-17(13-7-3-5-11(9-13)15(18,19)20)14-8-4-6-12(10-14)16(21,22)23;1-2-4-9(5-3-1)8-10-11-6-7-12-10/h3-10H,2H2,1H3;1-7H,8H2,(H,11,12). The zero-order valence-electron chi connectivity index (χ0n) is 18.9. The molecule has 0 radical (unpaired) electrons. The zero-order valence-corrected chi connectivity index (χ0v) is 18.9. The number of H-pyrrole nitrogens is 1. The van der Waals surface area contributed by atoms with Crippen LogP contribution in [-0.4, -0.2) is 16.7 Å². The van der Waals surface area contributed by atoms with E-state index in [-0.39, 0.29) is 0 Å². The predicted molar refractivity (Wildman–Crippen MR) is 126 cm³/mol. The van der Waals surface area contributed by atoms with E-state index >= 15 is 0 Å². The molecule has 35 heavy (non-hydrogen) atoms. The van der Waals surface area contributed by atoms with Gasteiger partial charge in [0.2, 0.25) is 6.71 Å². The average molecular weight is 488 g/mol. The Morgan fingerprint density at radius 2 is 1.29 bits per heavy atom. The highest BCUT2D eigenvalue weighted by Gasteiger charge is 2.33. The van der Waals surface area contributed by atoms with Gasteiger partial charge in [0.15, 0.2) is 0 Å². The number of aromatic amines is 1. The first-order valence-corrected chi connectivity index (χ1v) is 10.9. The van der Waals surface area contributed by atoms with Crippen molar-refractivity contribution in [1.29, 1.82) is 0 Å². The van der Waals surface area contributed by atoms with E-state index in [1.807, 2.05) is 24.4 Å². The van der Waals surface area contributed by atoms with Gasteiger partial charge in [0.1, 0.15) is 5.82 Å². The molecule has 0 aliphatic rings. The van der Waals surface area contributed by atoms with Gasteiger partial charge in [0, 0.05) is 18.8 Å². The molecule has 0 aliphatic heterocycles. The Labute approximate surface area is 200 Å². The third-order valence-electron chi connectivity index (χ3n) is 5.41. The van der Waals surface area contributed by atoms with Crippen molar-refractivity contribution >= 4 is 17.6 Å². The number of benzene rings is 3. The first-order valence-electron chi connectivity index (χ1n) is 10.9. The Balaban J connectivity index is 0.000000237. The Morgan fingerprint density at radius 3 is 1.71 bits per heavy atom. The number of nitrogens with one attached hydrogen (secondary N) is 1. The second kappa shape index (κ2) is 11.3. The van der Waals surface area contributed by atoms with Crippen LogP contribution >= 0.6 is 0 Å². The van der Waals surface area contributed by atoms with Crippen LogP contribution in [-0.2, 0) is 18.8 Å². The number of aromatic nitrogens is 2. The highest BCUT2D eigenvalue weighted by molar-refractivity contribution is 6.85. The Hall–Kier alpha value is -3.49. The molecule has 0 spiro atoms. The van der Waals surface area contributed by atoms with Crippen molar-refractivity contribution in [3.05, 3.63) is 114 Å². The molecule has 0 fully saturated rings. The largest absolute Gasteiger partial charge is 0.416 e. The minimum Gasteiger partial charge on any atom is -0.348 e. The molecule has 9 heteroatoms. The maximum atomic E-state index is 12.8. The normalized spacial score (nSPS) is 11.5. The molecule has 2 nitrogen and oxygen atoms in total. The van der Waals surface area contributed by atoms with Crippen molar-refractivity contribution in [3.8, 4) is 0 Å². The number of halogens is 6. The Morgan fingerprint density at radius 1 is 0.743 bits per heavy atom. The molecule has 0 amide bonds. The van der Waals surface area contributed by atoms with E-state index in [1.165, 1.54) is 29.8 Å². The van der Waals surface area contributed by atoms with Gasteiger partial charge >= 0.3 is 12.4 Å². The zero-order chi connectivity index (χ0) is 25.5. The molecule has 3 aromatic carbocycles. The lowest BCUT2D eigenvalue weighted by atomic mass is 9.39. The molecule has 0 bridgehead atoms. The quantitative estimate of drug-likeness (QED) is 0.257. The first kappa shape index (κ1) is 26.1. The average Bonchev–Trinajstić information content (AvgIpc) is 3.33. The van der Waals surface area contributed by atoms with Crippen molar-refractivity contribution in [2.45, 2.75) is 32.0 Å². The molecule has 0 saturated heterocycles. The van der Waals surface area contributed by atoms with Crippen LogP contribution in [0.3, 0.4) is 0 Å². The molecule has 4 aromatic rings. The summed E-state index contributed by atoms with van der Waals surface area (Å²) in [6, 6.07) is 19.7.